The number of nitrogens with two attached hydrogens (primary N) is 1. The van der Waals surface area contributed by atoms with Crippen molar-refractivity contribution in [2.75, 3.05) is 5.73 Å². The molecule has 0 bridgehead atoms. The summed E-state index contributed by atoms with van der Waals surface area (Å²) in [6, 6.07) is 8.27. The first-order valence-electron chi connectivity index (χ1n) is 6.45. The molecule has 1 aromatic heterocycles. The third kappa shape index (κ3) is 2.31. The number of hydrogen-bond acceptors (Lipinski definition) is 3. The van der Waals surface area contributed by atoms with E-state index < -0.39 is 11.4 Å². The van der Waals surface area contributed by atoms with Crippen molar-refractivity contribution in [3.8, 4) is 5.88 Å². The van der Waals surface area contributed by atoms with Gasteiger partial charge in [-0.25, -0.2) is 9.37 Å². The molecule has 104 valence electrons. The molecule has 5 heteroatoms. The molecule has 1 saturated carbocycles. The zero-order valence-electron chi connectivity index (χ0n) is 10.8. The number of nitrogens with zero attached hydrogens (tertiary/aromatic N) is 1. The molecule has 0 saturated heterocycles. The van der Waals surface area contributed by atoms with Crippen LogP contribution in [0.5, 0.6) is 5.88 Å². The predicted octanol–water partition coefficient (Wildman–Crippen LogP) is 3.91. The Kier molecular flexibility index (Phi) is 3.26. The van der Waals surface area contributed by atoms with Gasteiger partial charge in [-0.1, -0.05) is 17.7 Å². The fourth-order valence-electron chi connectivity index (χ4n) is 2.38. The Morgan fingerprint density at radius 1 is 1.25 bits per heavy atom. The first-order valence-corrected chi connectivity index (χ1v) is 6.83. The van der Waals surface area contributed by atoms with Crippen molar-refractivity contribution in [3.63, 3.8) is 0 Å². The van der Waals surface area contributed by atoms with Crippen molar-refractivity contribution in [2.24, 2.45) is 0 Å². The highest BCUT2D eigenvalue weighted by molar-refractivity contribution is 6.30. The van der Waals surface area contributed by atoms with Gasteiger partial charge in [0.1, 0.15) is 11.4 Å². The van der Waals surface area contributed by atoms with Gasteiger partial charge in [-0.2, -0.15) is 0 Å². The first-order chi connectivity index (χ1) is 9.59. The van der Waals surface area contributed by atoms with Gasteiger partial charge in [0.2, 0.25) is 5.88 Å². The molecule has 0 radical (unpaired) electrons. The molecule has 0 aliphatic heterocycles. The van der Waals surface area contributed by atoms with Gasteiger partial charge in [-0.3, -0.25) is 0 Å². The lowest BCUT2D eigenvalue weighted by atomic mass is 9.75. The van der Waals surface area contributed by atoms with Crippen molar-refractivity contribution in [1.82, 2.24) is 4.98 Å². The van der Waals surface area contributed by atoms with Crippen LogP contribution in [0, 0.1) is 5.82 Å². The summed E-state index contributed by atoms with van der Waals surface area (Å²) >= 11 is 5.73. The monoisotopic (exact) mass is 292 g/mol. The number of nitrogen functional groups attached to an aromatic ring is 1. The Labute approximate surface area is 121 Å². The third-order valence-corrected chi connectivity index (χ3v) is 3.97. The summed E-state index contributed by atoms with van der Waals surface area (Å²) in [5.74, 6) is 0.0681. The van der Waals surface area contributed by atoms with Crippen LogP contribution < -0.4 is 10.5 Å². The molecule has 1 aromatic carbocycles. The molecule has 0 amide bonds. The number of benzene rings is 1. The number of halogens is 2. The van der Waals surface area contributed by atoms with E-state index in [0.29, 0.717) is 11.6 Å². The standard InChI is InChI=1S/C15H14ClFN2O/c16-12-4-2-10(8-13(12)17)15(6-1-7-15)20-14-5-3-11(18)9-19-14/h2-5,8-9H,1,6-7,18H2. The molecule has 0 atom stereocenters. The highest BCUT2D eigenvalue weighted by atomic mass is 35.5. The second-order valence-corrected chi connectivity index (χ2v) is 5.42. The van der Waals surface area contributed by atoms with Crippen LogP contribution in [0.4, 0.5) is 10.1 Å². The third-order valence-electron chi connectivity index (χ3n) is 3.67. The number of anilines is 1. The van der Waals surface area contributed by atoms with Gasteiger partial charge in [-0.15, -0.1) is 0 Å². The van der Waals surface area contributed by atoms with E-state index in [1.807, 2.05) is 6.07 Å². The molecule has 0 spiro atoms. The van der Waals surface area contributed by atoms with Crippen LogP contribution in [0.2, 0.25) is 5.02 Å². The summed E-state index contributed by atoms with van der Waals surface area (Å²) in [5, 5.41) is 0.119. The zero-order chi connectivity index (χ0) is 14.2. The second-order valence-electron chi connectivity index (χ2n) is 5.01. The van der Waals surface area contributed by atoms with Crippen molar-refractivity contribution >= 4 is 17.3 Å². The molecule has 1 heterocycles. The Bertz CT molecular complexity index is 626. The largest absolute Gasteiger partial charge is 0.466 e. The van der Waals surface area contributed by atoms with E-state index in [1.54, 1.807) is 24.4 Å². The Morgan fingerprint density at radius 3 is 2.60 bits per heavy atom. The van der Waals surface area contributed by atoms with Crippen LogP contribution in [-0.4, -0.2) is 4.98 Å². The number of pyridine rings is 1. The van der Waals surface area contributed by atoms with E-state index in [9.17, 15) is 4.39 Å². The topological polar surface area (TPSA) is 48.1 Å². The molecule has 2 aromatic rings. The quantitative estimate of drug-likeness (QED) is 0.933. The minimum atomic E-state index is -0.505. The molecule has 2 N–H and O–H groups in total. The van der Waals surface area contributed by atoms with Gasteiger partial charge in [0, 0.05) is 6.07 Å². The summed E-state index contributed by atoms with van der Waals surface area (Å²) in [6.45, 7) is 0. The fraction of sp³-hybridized carbons (Fsp3) is 0.267. The first kappa shape index (κ1) is 13.2. The van der Waals surface area contributed by atoms with Crippen LogP contribution >= 0.6 is 11.6 Å². The van der Waals surface area contributed by atoms with Gasteiger partial charge in [0.15, 0.2) is 0 Å². The molecule has 1 aliphatic rings. The van der Waals surface area contributed by atoms with E-state index in [1.165, 1.54) is 6.07 Å². The molecule has 3 rings (SSSR count). The van der Waals surface area contributed by atoms with Crippen molar-refractivity contribution in [2.45, 2.75) is 24.9 Å². The second kappa shape index (κ2) is 4.94. The Hall–Kier alpha value is -1.81. The maximum atomic E-state index is 13.6. The maximum absolute atomic E-state index is 13.6. The van der Waals surface area contributed by atoms with Crippen LogP contribution in [-0.2, 0) is 5.60 Å². The minimum Gasteiger partial charge on any atom is -0.466 e. The molecular weight excluding hydrogens is 279 g/mol. The van der Waals surface area contributed by atoms with Gasteiger partial charge in [-0.05, 0) is 43.0 Å². The number of hydrogen-bond donors (Lipinski definition) is 1. The van der Waals surface area contributed by atoms with Gasteiger partial charge in [0.05, 0.1) is 16.9 Å². The maximum Gasteiger partial charge on any atom is 0.214 e. The Morgan fingerprint density at radius 2 is 2.05 bits per heavy atom. The van der Waals surface area contributed by atoms with E-state index in [4.69, 9.17) is 22.1 Å². The lowest BCUT2D eigenvalue weighted by Gasteiger charge is -2.41. The van der Waals surface area contributed by atoms with Crippen LogP contribution in [0.3, 0.4) is 0 Å². The average Bonchev–Trinajstić information content (AvgIpc) is 2.39. The fourth-order valence-corrected chi connectivity index (χ4v) is 2.50. The molecule has 1 fully saturated rings. The molecule has 3 nitrogen and oxygen atoms in total. The summed E-state index contributed by atoms with van der Waals surface area (Å²) in [4.78, 5) is 4.14. The number of ether oxygens (including phenoxy) is 1. The molecular formula is C15H14ClFN2O. The summed E-state index contributed by atoms with van der Waals surface area (Å²) in [7, 11) is 0. The number of rotatable bonds is 3. The smallest absolute Gasteiger partial charge is 0.214 e. The highest BCUT2D eigenvalue weighted by Gasteiger charge is 2.42. The molecule has 20 heavy (non-hydrogen) atoms. The van der Waals surface area contributed by atoms with E-state index in [2.05, 4.69) is 4.98 Å². The van der Waals surface area contributed by atoms with Crippen LogP contribution in [0.15, 0.2) is 36.5 Å². The Balaban J connectivity index is 1.90. The molecule has 1 aliphatic carbocycles. The van der Waals surface area contributed by atoms with Crippen LogP contribution in [0.1, 0.15) is 24.8 Å². The van der Waals surface area contributed by atoms with Gasteiger partial charge >= 0.3 is 0 Å². The normalized spacial score (nSPS) is 16.5. The van der Waals surface area contributed by atoms with Crippen molar-refractivity contribution in [1.29, 1.82) is 0 Å². The predicted molar refractivity (Wildman–Crippen MR) is 76.2 cm³/mol. The summed E-state index contributed by atoms with van der Waals surface area (Å²) < 4.78 is 19.6. The number of aromatic nitrogens is 1. The van der Waals surface area contributed by atoms with Gasteiger partial charge < -0.3 is 10.5 Å². The SMILES string of the molecule is Nc1ccc(OC2(c3ccc(Cl)c(F)c3)CCC2)nc1. The zero-order valence-corrected chi connectivity index (χ0v) is 11.5. The van der Waals surface area contributed by atoms with Crippen molar-refractivity contribution < 1.29 is 9.13 Å². The lowest BCUT2D eigenvalue weighted by molar-refractivity contribution is -0.0162. The van der Waals surface area contributed by atoms with Crippen molar-refractivity contribution in [3.05, 3.63) is 52.9 Å². The highest BCUT2D eigenvalue weighted by Crippen LogP contribution is 2.45. The summed E-state index contributed by atoms with van der Waals surface area (Å²) in [5.41, 5.74) is 6.47. The van der Waals surface area contributed by atoms with Crippen LogP contribution in [0.25, 0.3) is 0 Å². The molecule has 0 unspecified atom stereocenters. The van der Waals surface area contributed by atoms with Gasteiger partial charge in [0.25, 0.3) is 0 Å². The van der Waals surface area contributed by atoms with E-state index in [-0.39, 0.29) is 5.02 Å². The average molecular weight is 293 g/mol. The van der Waals surface area contributed by atoms with E-state index in [0.717, 1.165) is 24.8 Å². The lowest BCUT2D eigenvalue weighted by Crippen LogP contribution is -2.40. The minimum absolute atomic E-state index is 0.119. The summed E-state index contributed by atoms with van der Waals surface area (Å²) in [6.07, 6.45) is 4.25. The van der Waals surface area contributed by atoms with E-state index >= 15 is 0 Å².